The van der Waals surface area contributed by atoms with E-state index in [1.54, 1.807) is 6.07 Å². The van der Waals surface area contributed by atoms with Gasteiger partial charge in [-0.3, -0.25) is 9.11 Å². The van der Waals surface area contributed by atoms with Gasteiger partial charge in [0.2, 0.25) is 5.69 Å². The second-order valence-corrected chi connectivity index (χ2v) is 11.3. The lowest BCUT2D eigenvalue weighted by molar-refractivity contribution is -0.439. The number of carbonyl (C=O) groups excluding carboxylic acids is 1. The van der Waals surface area contributed by atoms with Crippen LogP contribution < -0.4 is 5.11 Å². The summed E-state index contributed by atoms with van der Waals surface area (Å²) in [5.41, 5.74) is 2.93. The third-order valence-electron chi connectivity index (χ3n) is 5.86. The van der Waals surface area contributed by atoms with Gasteiger partial charge in [0.15, 0.2) is 5.71 Å². The Labute approximate surface area is 183 Å². The van der Waals surface area contributed by atoms with Crippen molar-refractivity contribution in [1.82, 2.24) is 0 Å². The van der Waals surface area contributed by atoms with E-state index in [0.717, 1.165) is 17.0 Å². The molecule has 2 N–H and O–H groups in total. The lowest BCUT2D eigenvalue weighted by atomic mass is 9.75. The number of carboxylic acid groups (broad SMARTS) is 1. The SMILES string of the molecule is CC1=[N+](CCCCS(=O)(=O)O)c2ccc(CC(=O)[O-])cc2C1(C)CCCCS(=O)(=O)O. The Balaban J connectivity index is 2.29. The van der Waals surface area contributed by atoms with Crippen LogP contribution >= 0.6 is 0 Å². The minimum absolute atomic E-state index is 0.223. The standard InChI is InChI=1S/C20H29NO8S2/c1-15-20(2,9-3-5-11-30(24,25)26)17-13-16(14-19(22)23)7-8-18(17)21(15)10-4-6-12-31(27,28)29/h7-8,13H,3-6,9-12,14H2,1-2H3,(H2-,22,23,24,25,26,27,28,29). The molecule has 1 heterocycles. The molecule has 0 aliphatic carbocycles. The van der Waals surface area contributed by atoms with Crippen LogP contribution in [0.4, 0.5) is 5.69 Å². The third kappa shape index (κ3) is 7.09. The first-order chi connectivity index (χ1) is 14.2. The monoisotopic (exact) mass is 475 g/mol. The highest BCUT2D eigenvalue weighted by molar-refractivity contribution is 7.86. The van der Waals surface area contributed by atoms with Crippen molar-refractivity contribution in [3.05, 3.63) is 29.3 Å². The van der Waals surface area contributed by atoms with E-state index in [-0.39, 0.29) is 17.9 Å². The van der Waals surface area contributed by atoms with Gasteiger partial charge < -0.3 is 9.90 Å². The van der Waals surface area contributed by atoms with E-state index in [1.807, 2.05) is 26.0 Å². The van der Waals surface area contributed by atoms with Crippen LogP contribution in [-0.2, 0) is 36.9 Å². The molecule has 0 spiro atoms. The summed E-state index contributed by atoms with van der Waals surface area (Å²) >= 11 is 0. The van der Waals surface area contributed by atoms with Crippen LogP contribution in [0.25, 0.3) is 0 Å². The quantitative estimate of drug-likeness (QED) is 0.259. The van der Waals surface area contributed by atoms with Gasteiger partial charge in [-0.2, -0.15) is 21.4 Å². The first-order valence-electron chi connectivity index (χ1n) is 10.1. The van der Waals surface area contributed by atoms with E-state index in [1.165, 1.54) is 0 Å². The Morgan fingerprint density at radius 2 is 1.61 bits per heavy atom. The molecule has 1 aliphatic heterocycles. The number of fused-ring (bicyclic) bond motifs is 1. The summed E-state index contributed by atoms with van der Waals surface area (Å²) < 4.78 is 63.9. The smallest absolute Gasteiger partial charge is 0.264 e. The van der Waals surface area contributed by atoms with Crippen LogP contribution in [0.15, 0.2) is 18.2 Å². The normalized spacial score (nSPS) is 19.0. The maximum Gasteiger partial charge on any atom is 0.264 e. The van der Waals surface area contributed by atoms with E-state index in [2.05, 4.69) is 4.58 Å². The molecule has 31 heavy (non-hydrogen) atoms. The largest absolute Gasteiger partial charge is 0.550 e. The molecule has 0 bridgehead atoms. The van der Waals surface area contributed by atoms with Gasteiger partial charge in [-0.25, -0.2) is 0 Å². The van der Waals surface area contributed by atoms with Gasteiger partial charge in [0, 0.05) is 37.4 Å². The van der Waals surface area contributed by atoms with Crippen LogP contribution in [0.1, 0.15) is 57.1 Å². The van der Waals surface area contributed by atoms with Crippen LogP contribution in [0.2, 0.25) is 0 Å². The average molecular weight is 476 g/mol. The molecule has 174 valence electrons. The molecule has 2 rings (SSSR count). The summed E-state index contributed by atoms with van der Waals surface area (Å²) in [7, 11) is -8.05. The molecule has 0 aromatic heterocycles. The summed E-state index contributed by atoms with van der Waals surface area (Å²) in [6.45, 7) is 4.48. The number of benzene rings is 1. The number of unbranched alkanes of at least 4 members (excludes halogenated alkanes) is 2. The van der Waals surface area contributed by atoms with Gasteiger partial charge in [0.1, 0.15) is 6.54 Å². The second-order valence-electron chi connectivity index (χ2n) is 8.21. The molecular weight excluding hydrogens is 446 g/mol. The Morgan fingerprint density at radius 1 is 1.03 bits per heavy atom. The lowest BCUT2D eigenvalue weighted by Crippen LogP contribution is -2.31. The summed E-state index contributed by atoms with van der Waals surface area (Å²) in [6, 6.07) is 5.39. The van der Waals surface area contributed by atoms with Crippen LogP contribution in [0.3, 0.4) is 0 Å². The molecular formula is C20H29NO8S2. The second kappa shape index (κ2) is 9.76. The van der Waals surface area contributed by atoms with Crippen molar-refractivity contribution in [2.75, 3.05) is 18.1 Å². The minimum atomic E-state index is -4.03. The Kier molecular flexibility index (Phi) is 8.01. The van der Waals surface area contributed by atoms with Crippen LogP contribution in [0.5, 0.6) is 0 Å². The van der Waals surface area contributed by atoms with Crippen molar-refractivity contribution in [3.8, 4) is 0 Å². The molecule has 0 saturated carbocycles. The third-order valence-corrected chi connectivity index (χ3v) is 7.47. The fourth-order valence-electron chi connectivity index (χ4n) is 4.13. The summed E-state index contributed by atoms with van der Waals surface area (Å²) in [5, 5.41) is 11.0. The maximum absolute atomic E-state index is 11.0. The number of aliphatic carboxylic acids is 1. The van der Waals surface area contributed by atoms with Crippen molar-refractivity contribution in [1.29, 1.82) is 0 Å². The van der Waals surface area contributed by atoms with Crippen molar-refractivity contribution in [2.24, 2.45) is 0 Å². The highest BCUT2D eigenvalue weighted by atomic mass is 32.2. The number of nitrogens with zero attached hydrogens (tertiary/aromatic N) is 1. The average Bonchev–Trinajstić information content (AvgIpc) is 2.82. The van der Waals surface area contributed by atoms with Crippen molar-refractivity contribution in [2.45, 2.75) is 57.8 Å². The summed E-state index contributed by atoms with van der Waals surface area (Å²) in [6.07, 6.45) is 2.03. The van der Waals surface area contributed by atoms with Crippen molar-refractivity contribution in [3.63, 3.8) is 0 Å². The fourth-order valence-corrected chi connectivity index (χ4v) is 5.27. The zero-order valence-corrected chi connectivity index (χ0v) is 19.3. The molecule has 0 saturated heterocycles. The molecule has 0 radical (unpaired) electrons. The van der Waals surface area contributed by atoms with Crippen LogP contribution in [-0.4, -0.2) is 60.2 Å². The predicted octanol–water partition coefficient (Wildman–Crippen LogP) is 1.08. The molecule has 11 heteroatoms. The van der Waals surface area contributed by atoms with E-state index in [9.17, 15) is 26.7 Å². The summed E-state index contributed by atoms with van der Waals surface area (Å²) in [4.78, 5) is 11.0. The Hall–Kier alpha value is -1.82. The predicted molar refractivity (Wildman–Crippen MR) is 114 cm³/mol. The fraction of sp³-hybridized carbons (Fsp3) is 0.600. The highest BCUT2D eigenvalue weighted by Gasteiger charge is 2.45. The highest BCUT2D eigenvalue weighted by Crippen LogP contribution is 2.43. The number of carbonyl (C=O) groups is 1. The molecule has 1 aliphatic rings. The number of rotatable bonds is 12. The van der Waals surface area contributed by atoms with Gasteiger partial charge in [0.05, 0.1) is 16.9 Å². The van der Waals surface area contributed by atoms with Gasteiger partial charge in [-0.1, -0.05) is 12.5 Å². The zero-order chi connectivity index (χ0) is 23.4. The lowest BCUT2D eigenvalue weighted by Gasteiger charge is -2.22. The molecule has 0 amide bonds. The van der Waals surface area contributed by atoms with Crippen LogP contribution in [0, 0.1) is 0 Å². The van der Waals surface area contributed by atoms with E-state index >= 15 is 0 Å². The molecule has 1 aromatic rings. The maximum atomic E-state index is 11.0. The minimum Gasteiger partial charge on any atom is -0.550 e. The molecule has 1 aromatic carbocycles. The summed E-state index contributed by atoms with van der Waals surface area (Å²) in [5.74, 6) is -1.82. The van der Waals surface area contributed by atoms with E-state index in [0.29, 0.717) is 44.2 Å². The number of carboxylic acids is 1. The molecule has 0 fully saturated rings. The molecule has 9 nitrogen and oxygen atoms in total. The molecule has 1 atom stereocenters. The molecule has 1 unspecified atom stereocenters. The Morgan fingerprint density at radius 3 is 2.16 bits per heavy atom. The first kappa shape index (κ1) is 25.4. The number of hydrogen-bond donors (Lipinski definition) is 2. The van der Waals surface area contributed by atoms with Crippen molar-refractivity contribution >= 4 is 37.6 Å². The zero-order valence-electron chi connectivity index (χ0n) is 17.7. The van der Waals surface area contributed by atoms with E-state index < -0.39 is 31.6 Å². The van der Waals surface area contributed by atoms with Gasteiger partial charge in [-0.05, 0) is 37.8 Å². The first-order valence-corrected chi connectivity index (χ1v) is 13.3. The van der Waals surface area contributed by atoms with Gasteiger partial charge >= 0.3 is 0 Å². The van der Waals surface area contributed by atoms with Gasteiger partial charge in [-0.15, -0.1) is 0 Å². The number of hydrogen-bond acceptors (Lipinski definition) is 6. The Bertz CT molecular complexity index is 1080. The van der Waals surface area contributed by atoms with Gasteiger partial charge in [0.25, 0.3) is 20.2 Å². The van der Waals surface area contributed by atoms with E-state index in [4.69, 9.17) is 9.11 Å². The topological polar surface area (TPSA) is 152 Å². The van der Waals surface area contributed by atoms with Crippen molar-refractivity contribution < 1.29 is 40.4 Å².